The van der Waals surface area contributed by atoms with E-state index in [2.05, 4.69) is 17.0 Å². The second-order valence-corrected chi connectivity index (χ2v) is 7.67. The molecule has 1 saturated heterocycles. The van der Waals surface area contributed by atoms with E-state index in [0.29, 0.717) is 17.2 Å². The Hall–Kier alpha value is -1.78. The van der Waals surface area contributed by atoms with Crippen molar-refractivity contribution in [3.05, 3.63) is 58.5 Å². The molecule has 1 fully saturated rings. The monoisotopic (exact) mass is 374 g/mol. The lowest BCUT2D eigenvalue weighted by molar-refractivity contribution is 0.0738. The fraction of sp³-hybridized carbons (Fsp3) is 0.476. The molecule has 1 amide bonds. The Morgan fingerprint density at radius 1 is 1.23 bits per heavy atom. The Balaban J connectivity index is 1.41. The average Bonchev–Trinajstić information content (AvgIpc) is 3.07. The molecule has 0 radical (unpaired) electrons. The Morgan fingerprint density at radius 2 is 1.92 bits per heavy atom. The van der Waals surface area contributed by atoms with Gasteiger partial charge in [0.05, 0.1) is 11.8 Å². The van der Waals surface area contributed by atoms with E-state index < -0.39 is 0 Å². The number of nitrogens with zero attached hydrogens (tertiary/aromatic N) is 2. The third-order valence-electron chi connectivity index (χ3n) is 5.31. The van der Waals surface area contributed by atoms with E-state index in [0.717, 1.165) is 50.5 Å². The summed E-state index contributed by atoms with van der Waals surface area (Å²) in [6.07, 6.45) is 4.92. The molecule has 0 aliphatic carbocycles. The highest BCUT2D eigenvalue weighted by atomic mass is 35.5. The summed E-state index contributed by atoms with van der Waals surface area (Å²) in [5, 5.41) is 0.791. The molecule has 26 heavy (non-hydrogen) atoms. The highest BCUT2D eigenvalue weighted by molar-refractivity contribution is 6.30. The van der Waals surface area contributed by atoms with Crippen LogP contribution in [0.1, 0.15) is 34.5 Å². The van der Waals surface area contributed by atoms with E-state index in [4.69, 9.17) is 16.0 Å². The first kappa shape index (κ1) is 19.0. The summed E-state index contributed by atoms with van der Waals surface area (Å²) in [4.78, 5) is 16.9. The van der Waals surface area contributed by atoms with Crippen molar-refractivity contribution in [2.24, 2.45) is 5.92 Å². The van der Waals surface area contributed by atoms with Gasteiger partial charge in [-0.05, 0) is 69.0 Å². The molecule has 1 aliphatic rings. The predicted molar refractivity (Wildman–Crippen MR) is 105 cm³/mol. The van der Waals surface area contributed by atoms with Crippen molar-refractivity contribution in [1.29, 1.82) is 0 Å². The summed E-state index contributed by atoms with van der Waals surface area (Å²) in [7, 11) is 1.89. The fourth-order valence-electron chi connectivity index (χ4n) is 3.61. The van der Waals surface area contributed by atoms with Crippen LogP contribution in [0.4, 0.5) is 0 Å². The number of likely N-dealkylation sites (tertiary alicyclic amines) is 1. The van der Waals surface area contributed by atoms with Crippen molar-refractivity contribution >= 4 is 17.5 Å². The molecule has 2 aromatic rings. The Morgan fingerprint density at radius 3 is 2.54 bits per heavy atom. The second-order valence-electron chi connectivity index (χ2n) is 7.24. The average molecular weight is 375 g/mol. The summed E-state index contributed by atoms with van der Waals surface area (Å²) in [5.74, 6) is 1.32. The summed E-state index contributed by atoms with van der Waals surface area (Å²) in [6, 6.07) is 9.88. The quantitative estimate of drug-likeness (QED) is 0.757. The molecule has 0 spiro atoms. The van der Waals surface area contributed by atoms with Gasteiger partial charge in [-0.1, -0.05) is 23.7 Å². The van der Waals surface area contributed by atoms with E-state index in [1.807, 2.05) is 31.0 Å². The van der Waals surface area contributed by atoms with Gasteiger partial charge in [0, 0.05) is 25.2 Å². The first-order valence-electron chi connectivity index (χ1n) is 9.29. The van der Waals surface area contributed by atoms with Crippen LogP contribution >= 0.6 is 11.6 Å². The van der Waals surface area contributed by atoms with Gasteiger partial charge < -0.3 is 14.2 Å². The number of carbonyl (C=O) groups is 1. The van der Waals surface area contributed by atoms with Gasteiger partial charge in [0.25, 0.3) is 5.91 Å². The van der Waals surface area contributed by atoms with Crippen LogP contribution in [0.5, 0.6) is 0 Å². The minimum absolute atomic E-state index is 0.0569. The fourth-order valence-corrected chi connectivity index (χ4v) is 3.74. The number of amides is 1. The molecular weight excluding hydrogens is 348 g/mol. The van der Waals surface area contributed by atoms with Crippen molar-refractivity contribution < 1.29 is 9.21 Å². The third kappa shape index (κ3) is 4.89. The largest absolute Gasteiger partial charge is 0.469 e. The molecule has 0 saturated carbocycles. The van der Waals surface area contributed by atoms with Crippen molar-refractivity contribution in [3.63, 3.8) is 0 Å². The van der Waals surface area contributed by atoms with E-state index in [9.17, 15) is 4.79 Å². The van der Waals surface area contributed by atoms with E-state index in [-0.39, 0.29) is 5.91 Å². The summed E-state index contributed by atoms with van der Waals surface area (Å²) < 4.78 is 5.25. The number of carbonyl (C=O) groups excluding carboxylic acids is 1. The Bertz CT molecular complexity index is 718. The molecule has 3 rings (SSSR count). The molecule has 0 unspecified atom stereocenters. The number of hydrogen-bond donors (Lipinski definition) is 0. The summed E-state index contributed by atoms with van der Waals surface area (Å²) in [6.45, 7) is 5.93. The number of hydrogen-bond acceptors (Lipinski definition) is 3. The van der Waals surface area contributed by atoms with Crippen LogP contribution in [0.3, 0.4) is 0 Å². The number of furan rings is 1. The lowest BCUT2D eigenvalue weighted by Gasteiger charge is -2.34. The maximum Gasteiger partial charge on any atom is 0.257 e. The lowest BCUT2D eigenvalue weighted by Crippen LogP contribution is -2.40. The van der Waals surface area contributed by atoms with Crippen LogP contribution in [0.15, 0.2) is 41.0 Å². The third-order valence-corrected chi connectivity index (χ3v) is 5.56. The maximum atomic E-state index is 12.5. The molecule has 140 valence electrons. The SMILES string of the molecule is Cc1occc1C(=O)N(C)CC1CCN(CCc2ccc(Cl)cc2)CC1. The molecular formula is C21H27ClN2O2. The van der Waals surface area contributed by atoms with Gasteiger partial charge in [-0.2, -0.15) is 0 Å². The van der Waals surface area contributed by atoms with E-state index in [1.165, 1.54) is 5.56 Å². The van der Waals surface area contributed by atoms with Gasteiger partial charge in [0.15, 0.2) is 0 Å². The van der Waals surface area contributed by atoms with Crippen LogP contribution in [0.25, 0.3) is 0 Å². The smallest absolute Gasteiger partial charge is 0.257 e. The maximum absolute atomic E-state index is 12.5. The first-order chi connectivity index (χ1) is 12.5. The minimum atomic E-state index is 0.0569. The molecule has 0 N–H and O–H groups in total. The van der Waals surface area contributed by atoms with Crippen molar-refractivity contribution in [2.45, 2.75) is 26.2 Å². The number of aryl methyl sites for hydroxylation is 1. The van der Waals surface area contributed by atoms with Gasteiger partial charge in [0.2, 0.25) is 0 Å². The predicted octanol–water partition coefficient (Wildman–Crippen LogP) is 4.27. The Kier molecular flexibility index (Phi) is 6.38. The Labute approximate surface area is 160 Å². The highest BCUT2D eigenvalue weighted by Crippen LogP contribution is 2.20. The molecule has 2 heterocycles. The molecule has 0 bridgehead atoms. The van der Waals surface area contributed by atoms with Gasteiger partial charge in [-0.3, -0.25) is 4.79 Å². The van der Waals surface area contributed by atoms with Crippen LogP contribution < -0.4 is 0 Å². The summed E-state index contributed by atoms with van der Waals surface area (Å²) >= 11 is 5.94. The normalized spacial score (nSPS) is 16.0. The number of piperidine rings is 1. The van der Waals surface area contributed by atoms with Crippen LogP contribution in [-0.4, -0.2) is 48.9 Å². The molecule has 1 aliphatic heterocycles. The van der Waals surface area contributed by atoms with E-state index in [1.54, 1.807) is 12.3 Å². The molecule has 4 nitrogen and oxygen atoms in total. The standard InChI is InChI=1S/C21H27ClN2O2/c1-16-20(10-14-26-16)21(25)23(2)15-18-8-12-24(13-9-18)11-7-17-3-5-19(22)6-4-17/h3-6,10,14,18H,7-9,11-13,15H2,1-2H3. The summed E-state index contributed by atoms with van der Waals surface area (Å²) in [5.41, 5.74) is 2.00. The van der Waals surface area contributed by atoms with Gasteiger partial charge >= 0.3 is 0 Å². The topological polar surface area (TPSA) is 36.7 Å². The minimum Gasteiger partial charge on any atom is -0.469 e. The molecule has 1 aromatic carbocycles. The van der Waals surface area contributed by atoms with Gasteiger partial charge in [-0.25, -0.2) is 0 Å². The lowest BCUT2D eigenvalue weighted by atomic mass is 9.95. The van der Waals surface area contributed by atoms with Crippen LogP contribution in [0, 0.1) is 12.8 Å². The van der Waals surface area contributed by atoms with Crippen LogP contribution in [0.2, 0.25) is 5.02 Å². The zero-order valence-electron chi connectivity index (χ0n) is 15.6. The number of rotatable bonds is 6. The van der Waals surface area contributed by atoms with Crippen LogP contribution in [-0.2, 0) is 6.42 Å². The van der Waals surface area contributed by atoms with E-state index >= 15 is 0 Å². The van der Waals surface area contributed by atoms with Gasteiger partial charge in [-0.15, -0.1) is 0 Å². The zero-order valence-corrected chi connectivity index (χ0v) is 16.3. The van der Waals surface area contributed by atoms with Crippen molar-refractivity contribution in [3.8, 4) is 0 Å². The molecule has 1 aromatic heterocycles. The highest BCUT2D eigenvalue weighted by Gasteiger charge is 2.23. The first-order valence-corrected chi connectivity index (χ1v) is 9.67. The van der Waals surface area contributed by atoms with Crippen molar-refractivity contribution in [2.75, 3.05) is 33.2 Å². The van der Waals surface area contributed by atoms with Gasteiger partial charge in [0.1, 0.15) is 5.76 Å². The number of halogens is 1. The molecule has 0 atom stereocenters. The number of benzene rings is 1. The van der Waals surface area contributed by atoms with Crippen molar-refractivity contribution in [1.82, 2.24) is 9.80 Å². The zero-order chi connectivity index (χ0) is 18.5. The molecule has 5 heteroatoms. The second kappa shape index (κ2) is 8.74.